The predicted molar refractivity (Wildman–Crippen MR) is 145 cm³/mol. The van der Waals surface area contributed by atoms with Crippen LogP contribution in [0.3, 0.4) is 0 Å². The Hall–Kier alpha value is -2.97. The molecule has 0 unspecified atom stereocenters. The summed E-state index contributed by atoms with van der Waals surface area (Å²) < 4.78 is 5.52. The molecule has 2 N–H and O–H groups in total. The Morgan fingerprint density at radius 1 is 1.19 bits per heavy atom. The molecule has 3 aliphatic heterocycles. The van der Waals surface area contributed by atoms with E-state index in [2.05, 4.69) is 48.2 Å². The van der Waals surface area contributed by atoms with Crippen LogP contribution in [-0.4, -0.2) is 92.0 Å². The molecule has 1 atom stereocenters. The average Bonchev–Trinajstić information content (AvgIpc) is 3.39. The number of aliphatic imine (C=N–C) groups is 1. The molecule has 8 nitrogen and oxygen atoms in total. The van der Waals surface area contributed by atoms with Gasteiger partial charge in [-0.3, -0.25) is 9.79 Å². The highest BCUT2D eigenvalue weighted by Gasteiger charge is 2.27. The molecule has 2 aromatic rings. The van der Waals surface area contributed by atoms with Crippen molar-refractivity contribution in [3.63, 3.8) is 0 Å². The van der Waals surface area contributed by atoms with Crippen molar-refractivity contribution >= 4 is 33.9 Å². The molecule has 3 saturated heterocycles. The number of nitrogens with two attached hydrogens (primary N) is 1. The Labute approximate surface area is 213 Å². The Morgan fingerprint density at radius 2 is 2.00 bits per heavy atom. The molecule has 8 heteroatoms. The van der Waals surface area contributed by atoms with Gasteiger partial charge in [-0.1, -0.05) is 18.2 Å². The monoisotopic (exact) mass is 490 g/mol. The highest BCUT2D eigenvalue weighted by Crippen LogP contribution is 2.30. The number of anilines is 1. The number of rotatable bonds is 4. The van der Waals surface area contributed by atoms with Crippen LogP contribution >= 0.6 is 0 Å². The van der Waals surface area contributed by atoms with E-state index in [0.29, 0.717) is 24.8 Å². The molecule has 1 aromatic heterocycles. The highest BCUT2D eigenvalue weighted by molar-refractivity contribution is 6.10. The van der Waals surface area contributed by atoms with Gasteiger partial charge >= 0.3 is 0 Å². The number of pyridine rings is 1. The third-order valence-corrected chi connectivity index (χ3v) is 7.87. The number of benzene rings is 1. The van der Waals surface area contributed by atoms with Gasteiger partial charge in [0.05, 0.1) is 6.04 Å². The third kappa shape index (κ3) is 5.11. The summed E-state index contributed by atoms with van der Waals surface area (Å²) in [6.45, 7) is 6.29. The van der Waals surface area contributed by atoms with Crippen molar-refractivity contribution in [1.29, 1.82) is 0 Å². The Morgan fingerprint density at radius 3 is 2.72 bits per heavy atom. The lowest BCUT2D eigenvalue weighted by atomic mass is 9.94. The number of amides is 1. The number of likely N-dealkylation sites (N-methyl/N-ethyl adjacent to an activating group) is 1. The third-order valence-electron chi connectivity index (χ3n) is 7.87. The quantitative estimate of drug-likeness (QED) is 0.709. The van der Waals surface area contributed by atoms with Gasteiger partial charge < -0.3 is 25.2 Å². The van der Waals surface area contributed by atoms with E-state index in [-0.39, 0.29) is 11.9 Å². The van der Waals surface area contributed by atoms with Gasteiger partial charge in [0.1, 0.15) is 5.82 Å². The second kappa shape index (κ2) is 10.6. The summed E-state index contributed by atoms with van der Waals surface area (Å²) >= 11 is 0. The molecule has 0 bridgehead atoms. The van der Waals surface area contributed by atoms with Crippen LogP contribution in [0.15, 0.2) is 41.0 Å². The molecule has 4 heterocycles. The van der Waals surface area contributed by atoms with Crippen molar-refractivity contribution in [2.75, 3.05) is 58.4 Å². The number of carbonyl (C=O) groups excluding carboxylic acids is 1. The first-order chi connectivity index (χ1) is 17.4. The maximum Gasteiger partial charge on any atom is 0.219 e. The van der Waals surface area contributed by atoms with Crippen LogP contribution in [-0.2, 0) is 9.53 Å². The first-order valence-electron chi connectivity index (χ1n) is 13.1. The lowest BCUT2D eigenvalue weighted by Gasteiger charge is -2.31. The van der Waals surface area contributed by atoms with Gasteiger partial charge in [0.25, 0.3) is 0 Å². The minimum Gasteiger partial charge on any atom is -0.398 e. The fourth-order valence-electron chi connectivity index (χ4n) is 5.54. The van der Waals surface area contributed by atoms with Crippen LogP contribution in [0, 0.1) is 0 Å². The molecule has 0 aliphatic carbocycles. The van der Waals surface area contributed by atoms with E-state index in [1.807, 2.05) is 11.1 Å². The molecule has 3 fully saturated rings. The second-order valence-electron chi connectivity index (χ2n) is 10.4. The van der Waals surface area contributed by atoms with Crippen LogP contribution < -0.4 is 10.6 Å². The van der Waals surface area contributed by atoms with Crippen LogP contribution in [0.2, 0.25) is 0 Å². The lowest BCUT2D eigenvalue weighted by Crippen LogP contribution is -2.40. The number of nitrogens with zero attached hydrogens (tertiary/aromatic N) is 5. The zero-order valence-corrected chi connectivity index (χ0v) is 21.7. The van der Waals surface area contributed by atoms with Crippen LogP contribution in [0.5, 0.6) is 0 Å². The fourth-order valence-corrected chi connectivity index (χ4v) is 5.54. The number of aromatic nitrogens is 1. The van der Waals surface area contributed by atoms with Gasteiger partial charge in [0.15, 0.2) is 0 Å². The fraction of sp³-hybridized carbons (Fsp3) is 0.536. The van der Waals surface area contributed by atoms with E-state index >= 15 is 0 Å². The second-order valence-corrected chi connectivity index (χ2v) is 10.4. The smallest absolute Gasteiger partial charge is 0.219 e. The van der Waals surface area contributed by atoms with Gasteiger partial charge in [0, 0.05) is 92.9 Å². The first kappa shape index (κ1) is 24.7. The predicted octanol–water partition coefficient (Wildman–Crippen LogP) is 2.92. The van der Waals surface area contributed by atoms with Crippen LogP contribution in [0.25, 0.3) is 16.5 Å². The summed E-state index contributed by atoms with van der Waals surface area (Å²) in [5.74, 6) is 1.08. The first-order valence-corrected chi connectivity index (χ1v) is 13.1. The van der Waals surface area contributed by atoms with E-state index in [0.717, 1.165) is 85.4 Å². The molecular weight excluding hydrogens is 452 g/mol. The molecule has 0 spiro atoms. The lowest BCUT2D eigenvalue weighted by molar-refractivity contribution is -0.128. The molecule has 1 aromatic carbocycles. The largest absolute Gasteiger partial charge is 0.398 e. The van der Waals surface area contributed by atoms with Crippen molar-refractivity contribution in [2.45, 2.75) is 44.7 Å². The summed E-state index contributed by atoms with van der Waals surface area (Å²) in [5.41, 5.74) is 10.5. The normalized spacial score (nSPS) is 24.2. The van der Waals surface area contributed by atoms with Crippen molar-refractivity contribution in [3.8, 4) is 0 Å². The zero-order chi connectivity index (χ0) is 25.2. The molecule has 0 radical (unpaired) electrons. The van der Waals surface area contributed by atoms with Gasteiger partial charge in [-0.25, -0.2) is 4.98 Å². The number of hydrogen-bond donors (Lipinski definition) is 1. The van der Waals surface area contributed by atoms with Crippen molar-refractivity contribution in [1.82, 2.24) is 14.8 Å². The minimum absolute atomic E-state index is 0.0660. The molecule has 1 amide bonds. The zero-order valence-electron chi connectivity index (χ0n) is 21.7. The number of hydrogen-bond acceptors (Lipinski definition) is 7. The standard InChI is InChI=1S/C28H38N6O2/c1-19(35)33-12-8-26(31-21-9-13-36-14-10-21)25(18-33)28(29)23-6-4-5-20-15-27(30-16-24(20)23)34-11-7-22(17-34)32(2)3/h4-6,15-16,21-22H,7-14,17-18,29H2,1-3H3/t22-/m0/s1. The van der Waals surface area contributed by atoms with Crippen molar-refractivity contribution in [2.24, 2.45) is 10.7 Å². The Kier molecular flexibility index (Phi) is 7.25. The maximum atomic E-state index is 12.2. The van der Waals surface area contributed by atoms with E-state index in [9.17, 15) is 4.79 Å². The van der Waals surface area contributed by atoms with Crippen molar-refractivity contribution in [3.05, 3.63) is 41.6 Å². The summed E-state index contributed by atoms with van der Waals surface area (Å²) in [6.07, 6.45) is 5.69. The molecule has 36 heavy (non-hydrogen) atoms. The van der Waals surface area contributed by atoms with Crippen molar-refractivity contribution < 1.29 is 9.53 Å². The number of piperidine rings is 1. The number of ether oxygens (including phenoxy) is 1. The van der Waals surface area contributed by atoms with E-state index < -0.39 is 0 Å². The van der Waals surface area contributed by atoms with E-state index in [4.69, 9.17) is 20.4 Å². The summed E-state index contributed by atoms with van der Waals surface area (Å²) in [6, 6.07) is 9.22. The summed E-state index contributed by atoms with van der Waals surface area (Å²) in [7, 11) is 4.28. The van der Waals surface area contributed by atoms with Gasteiger partial charge in [-0.2, -0.15) is 0 Å². The van der Waals surface area contributed by atoms with Gasteiger partial charge in [0.2, 0.25) is 5.91 Å². The summed E-state index contributed by atoms with van der Waals surface area (Å²) in [5, 5.41) is 2.15. The minimum atomic E-state index is 0.0660. The molecule has 0 saturated carbocycles. The number of fused-ring (bicyclic) bond motifs is 1. The van der Waals surface area contributed by atoms with Crippen LogP contribution in [0.1, 0.15) is 38.2 Å². The Balaban J connectivity index is 1.51. The molecular formula is C28H38N6O2. The maximum absolute atomic E-state index is 12.2. The van der Waals surface area contributed by atoms with E-state index in [1.165, 1.54) is 0 Å². The molecule has 192 valence electrons. The molecule has 3 aliphatic rings. The average molecular weight is 491 g/mol. The van der Waals surface area contributed by atoms with Crippen LogP contribution in [0.4, 0.5) is 5.82 Å². The Bertz CT molecular complexity index is 1180. The SMILES string of the molecule is CC(=O)N1CCC(=NC2CCOCC2)C(=C(N)c2cccc3cc(N4CC[C@H](N(C)C)C4)ncc23)C1. The van der Waals surface area contributed by atoms with E-state index in [1.54, 1.807) is 6.92 Å². The number of likely N-dealkylation sites (tertiary alicyclic amines) is 1. The van der Waals surface area contributed by atoms with Gasteiger partial charge in [-0.05, 0) is 44.8 Å². The number of carbonyl (C=O) groups is 1. The molecule has 5 rings (SSSR count). The summed E-state index contributed by atoms with van der Waals surface area (Å²) in [4.78, 5) is 28.7. The van der Waals surface area contributed by atoms with Gasteiger partial charge in [-0.15, -0.1) is 0 Å². The topological polar surface area (TPSA) is 87.3 Å². The highest BCUT2D eigenvalue weighted by atomic mass is 16.5.